The average Bonchev–Trinajstić information content (AvgIpc) is 3.37. The maximum atomic E-state index is 13.2. The van der Waals surface area contributed by atoms with Crippen LogP contribution in [0.15, 0.2) is 89.5 Å². The monoisotopic (exact) mass is 600 g/mol. The van der Waals surface area contributed by atoms with Crippen LogP contribution in [-0.4, -0.2) is 34.7 Å². The van der Waals surface area contributed by atoms with Gasteiger partial charge >= 0.3 is 12.1 Å². The number of anilines is 2. The molecule has 0 fully saturated rings. The smallest absolute Gasteiger partial charge is 0.419 e. The first-order valence-electron chi connectivity index (χ1n) is 13.5. The van der Waals surface area contributed by atoms with Crippen molar-refractivity contribution in [3.8, 4) is 22.5 Å². The molecule has 7 nitrogen and oxygen atoms in total. The van der Waals surface area contributed by atoms with Crippen molar-refractivity contribution < 1.29 is 24.0 Å². The number of carboxylic acid groups (broad SMARTS) is 1. The maximum absolute atomic E-state index is 13.2. The number of aromatic nitrogens is 1. The first-order chi connectivity index (χ1) is 20.4. The normalized spacial score (nSPS) is 11.0. The minimum absolute atomic E-state index is 0.171. The van der Waals surface area contributed by atoms with Gasteiger partial charge in [-0.3, -0.25) is 4.79 Å². The summed E-state index contributed by atoms with van der Waals surface area (Å²) in [5, 5.41) is 15.4. The molecule has 4 aromatic carbocycles. The highest BCUT2D eigenvalue weighted by atomic mass is 35.5. The Morgan fingerprint density at radius 3 is 2.31 bits per heavy atom. The molecule has 0 aliphatic rings. The molecule has 0 bridgehead atoms. The molecule has 0 aliphatic carbocycles. The molecule has 0 spiro atoms. The van der Waals surface area contributed by atoms with Gasteiger partial charge in [-0.15, -0.1) is 0 Å². The van der Waals surface area contributed by atoms with Gasteiger partial charge in [0.2, 0.25) is 0 Å². The Hall–Kier alpha value is -4.27. The lowest BCUT2D eigenvalue weighted by atomic mass is 9.98. The summed E-state index contributed by atoms with van der Waals surface area (Å²) in [6.45, 7) is 3.73. The van der Waals surface area contributed by atoms with Crippen LogP contribution in [0, 0.1) is 6.92 Å². The third-order valence-corrected chi connectivity index (χ3v) is 8.07. The number of benzene rings is 4. The topological polar surface area (TPSA) is 92.9 Å². The largest absolute Gasteiger partial charge is 0.481 e. The molecule has 0 saturated carbocycles. The summed E-state index contributed by atoms with van der Waals surface area (Å²) in [7, 11) is 0. The second kappa shape index (κ2) is 13.1. The fourth-order valence-corrected chi connectivity index (χ4v) is 5.77. The van der Waals surface area contributed by atoms with E-state index in [0.717, 1.165) is 38.8 Å². The van der Waals surface area contributed by atoms with Gasteiger partial charge in [-0.1, -0.05) is 77.4 Å². The van der Waals surface area contributed by atoms with Gasteiger partial charge in [0.25, 0.3) is 0 Å². The summed E-state index contributed by atoms with van der Waals surface area (Å²) in [6, 6.07) is 27.7. The molecule has 42 heavy (non-hydrogen) atoms. The molecule has 0 saturated heterocycles. The van der Waals surface area contributed by atoms with Gasteiger partial charge in [0.05, 0.1) is 23.7 Å². The molecule has 5 rings (SSSR count). The molecule has 1 amide bonds. The van der Waals surface area contributed by atoms with E-state index >= 15 is 0 Å². The number of carbonyl (C=O) groups is 2. The van der Waals surface area contributed by atoms with E-state index in [1.54, 1.807) is 49.9 Å². The third-order valence-electron chi connectivity index (χ3n) is 6.72. The Kier molecular flexibility index (Phi) is 9.15. The van der Waals surface area contributed by atoms with Crippen LogP contribution in [0.4, 0.5) is 16.2 Å². The van der Waals surface area contributed by atoms with E-state index in [9.17, 15) is 9.59 Å². The van der Waals surface area contributed by atoms with Gasteiger partial charge in [0.15, 0.2) is 5.76 Å². The highest BCUT2D eigenvalue weighted by molar-refractivity contribution is 7.98. The third kappa shape index (κ3) is 6.45. The molecule has 9 heteroatoms. The molecule has 1 heterocycles. The lowest BCUT2D eigenvalue weighted by Crippen LogP contribution is -2.27. The van der Waals surface area contributed by atoms with Crippen LogP contribution in [0.1, 0.15) is 24.6 Å². The predicted octanol–water partition coefficient (Wildman–Crippen LogP) is 9.13. The number of halogens is 1. The van der Waals surface area contributed by atoms with Crippen molar-refractivity contribution in [3.63, 3.8) is 0 Å². The van der Waals surface area contributed by atoms with Gasteiger partial charge in [0, 0.05) is 17.1 Å². The Balaban J connectivity index is 1.43. The summed E-state index contributed by atoms with van der Waals surface area (Å²) < 4.78 is 11.2. The molecular weight excluding hydrogens is 572 g/mol. The summed E-state index contributed by atoms with van der Waals surface area (Å²) >= 11 is 8.12. The Morgan fingerprint density at radius 1 is 0.952 bits per heavy atom. The molecule has 214 valence electrons. The average molecular weight is 601 g/mol. The van der Waals surface area contributed by atoms with Crippen LogP contribution < -0.4 is 4.90 Å². The van der Waals surface area contributed by atoms with Crippen LogP contribution in [0.5, 0.6) is 0 Å². The van der Waals surface area contributed by atoms with Crippen molar-refractivity contribution in [1.29, 1.82) is 0 Å². The number of carbonyl (C=O) groups excluding carboxylic acids is 1. The van der Waals surface area contributed by atoms with Crippen molar-refractivity contribution in [2.24, 2.45) is 0 Å². The lowest BCUT2D eigenvalue weighted by Gasteiger charge is -2.23. The van der Waals surface area contributed by atoms with Crippen molar-refractivity contribution in [2.75, 3.05) is 17.3 Å². The Bertz CT molecular complexity index is 1730. The predicted molar refractivity (Wildman–Crippen MR) is 169 cm³/mol. The van der Waals surface area contributed by atoms with Gasteiger partial charge in [-0.2, -0.15) is 11.8 Å². The van der Waals surface area contributed by atoms with Crippen LogP contribution in [0.25, 0.3) is 33.2 Å². The summed E-state index contributed by atoms with van der Waals surface area (Å²) in [6.07, 6.45) is -0.405. The number of nitrogens with zero attached hydrogens (tertiary/aromatic N) is 2. The molecule has 0 unspecified atom stereocenters. The van der Waals surface area contributed by atoms with E-state index in [2.05, 4.69) is 47.6 Å². The van der Waals surface area contributed by atoms with Gasteiger partial charge in [0.1, 0.15) is 11.4 Å². The first kappa shape index (κ1) is 29.2. The van der Waals surface area contributed by atoms with Crippen molar-refractivity contribution >= 4 is 57.6 Å². The van der Waals surface area contributed by atoms with E-state index in [1.807, 2.05) is 18.2 Å². The number of amides is 1. The number of carboxylic acids is 1. The summed E-state index contributed by atoms with van der Waals surface area (Å²) in [4.78, 5) is 25.3. The Labute approximate surface area is 253 Å². The maximum Gasteiger partial charge on any atom is 0.419 e. The molecule has 0 radical (unpaired) electrons. The number of hydrogen-bond donors (Lipinski definition) is 1. The van der Waals surface area contributed by atoms with E-state index in [0.29, 0.717) is 33.6 Å². The number of rotatable bonds is 10. The van der Waals surface area contributed by atoms with Crippen LogP contribution in [0.2, 0.25) is 5.02 Å². The standard InChI is InChI=1S/C33H29ClN2O5S/c1-3-40-33(39)36(29-7-5-4-6-28(29)34)31-21(2)35-41-32(31)27-15-14-25-18-24(12-13-26(25)19-27)23-10-8-22(9-11-23)20-42-17-16-30(37)38/h4-15,18-19H,3,16-17,20H2,1-2H3,(H,37,38). The SMILES string of the molecule is CCOC(=O)N(c1ccccc1Cl)c1c(C)noc1-c1ccc2cc(-c3ccc(CSCCC(=O)O)cc3)ccc2c1. The summed E-state index contributed by atoms with van der Waals surface area (Å²) in [5.41, 5.74) is 5.57. The molecule has 1 aromatic heterocycles. The fraction of sp³-hybridized carbons (Fsp3) is 0.182. The molecule has 1 N–H and O–H groups in total. The second-order valence-corrected chi connectivity index (χ2v) is 11.1. The zero-order valence-corrected chi connectivity index (χ0v) is 24.7. The summed E-state index contributed by atoms with van der Waals surface area (Å²) in [5.74, 6) is 1.04. The second-order valence-electron chi connectivity index (χ2n) is 9.60. The quantitative estimate of drug-likeness (QED) is 0.160. The van der Waals surface area contributed by atoms with Gasteiger partial charge in [-0.25, -0.2) is 9.69 Å². The molecular formula is C33H29ClN2O5S. The van der Waals surface area contributed by atoms with Crippen LogP contribution >= 0.6 is 23.4 Å². The zero-order chi connectivity index (χ0) is 29.6. The van der Waals surface area contributed by atoms with Crippen molar-refractivity contribution in [1.82, 2.24) is 5.16 Å². The molecule has 0 aliphatic heterocycles. The number of ether oxygens (including phenoxy) is 1. The number of fused-ring (bicyclic) bond motifs is 1. The Morgan fingerprint density at radius 2 is 1.62 bits per heavy atom. The van der Waals surface area contributed by atoms with Crippen molar-refractivity contribution in [2.45, 2.75) is 26.0 Å². The molecule has 5 aromatic rings. The van der Waals surface area contributed by atoms with Gasteiger partial charge in [-0.05, 0) is 65.6 Å². The van der Waals surface area contributed by atoms with Crippen LogP contribution in [-0.2, 0) is 15.3 Å². The van der Waals surface area contributed by atoms with Crippen LogP contribution in [0.3, 0.4) is 0 Å². The molecule has 0 atom stereocenters. The number of hydrogen-bond acceptors (Lipinski definition) is 6. The number of para-hydroxylation sites is 1. The minimum Gasteiger partial charge on any atom is -0.481 e. The van der Waals surface area contributed by atoms with Crippen molar-refractivity contribution in [3.05, 3.63) is 101 Å². The zero-order valence-electron chi connectivity index (χ0n) is 23.2. The van der Waals surface area contributed by atoms with E-state index in [1.165, 1.54) is 4.90 Å². The number of aliphatic carboxylic acids is 1. The van der Waals surface area contributed by atoms with E-state index < -0.39 is 12.1 Å². The first-order valence-corrected chi connectivity index (χ1v) is 15.0. The number of thioether (sulfide) groups is 1. The van der Waals surface area contributed by atoms with E-state index in [-0.39, 0.29) is 13.0 Å². The fourth-order valence-electron chi connectivity index (χ4n) is 4.66. The van der Waals surface area contributed by atoms with Gasteiger partial charge < -0.3 is 14.4 Å². The van der Waals surface area contributed by atoms with E-state index in [4.69, 9.17) is 26.0 Å². The highest BCUT2D eigenvalue weighted by Gasteiger charge is 2.30. The number of aryl methyl sites for hydroxylation is 1. The lowest BCUT2D eigenvalue weighted by molar-refractivity contribution is -0.136. The minimum atomic E-state index is -0.770. The highest BCUT2D eigenvalue weighted by Crippen LogP contribution is 2.41.